The Bertz CT molecular complexity index is 979. The summed E-state index contributed by atoms with van der Waals surface area (Å²) in [5.74, 6) is 0.377. The number of aromatic nitrogens is 1. The molecule has 2 saturated heterocycles. The van der Waals surface area contributed by atoms with Gasteiger partial charge in [0.15, 0.2) is 5.13 Å². The Kier molecular flexibility index (Phi) is 6.78. The number of hydrogen-bond donors (Lipinski definition) is 0. The normalized spacial score (nSPS) is 21.0. The molecule has 1 aromatic carbocycles. The molecular formula is C21H28N4O4S2. The lowest BCUT2D eigenvalue weighted by atomic mass is 9.98. The second-order valence-corrected chi connectivity index (χ2v) is 10.7. The Morgan fingerprint density at radius 2 is 1.90 bits per heavy atom. The fourth-order valence-electron chi connectivity index (χ4n) is 4.22. The molecule has 1 atom stereocenters. The average molecular weight is 465 g/mol. The third kappa shape index (κ3) is 4.86. The quantitative estimate of drug-likeness (QED) is 0.675. The third-order valence-electron chi connectivity index (χ3n) is 5.93. The number of hydrogen-bond acceptors (Lipinski definition) is 7. The van der Waals surface area contributed by atoms with Gasteiger partial charge in [-0.25, -0.2) is 13.4 Å². The highest BCUT2D eigenvalue weighted by Gasteiger charge is 2.35. The van der Waals surface area contributed by atoms with Gasteiger partial charge >= 0.3 is 0 Å². The summed E-state index contributed by atoms with van der Waals surface area (Å²) in [5.41, 5.74) is 0. The third-order valence-corrected chi connectivity index (χ3v) is 8.64. The number of carbonyl (C=O) groups excluding carboxylic acids is 1. The number of ether oxygens (including phenoxy) is 1. The zero-order chi connectivity index (χ0) is 21.8. The number of carbonyl (C=O) groups is 1. The molecule has 0 spiro atoms. The van der Waals surface area contributed by atoms with Gasteiger partial charge in [0.05, 0.1) is 17.9 Å². The molecule has 2 aromatic rings. The molecule has 2 aliphatic rings. The summed E-state index contributed by atoms with van der Waals surface area (Å²) in [5, 5.41) is 2.95. The molecule has 3 heterocycles. The maximum atomic E-state index is 13.2. The molecule has 0 N–H and O–H groups in total. The van der Waals surface area contributed by atoms with Crippen molar-refractivity contribution in [3.63, 3.8) is 0 Å². The number of amides is 1. The highest BCUT2D eigenvalue weighted by molar-refractivity contribution is 7.89. The largest absolute Gasteiger partial charge is 0.497 e. The standard InChI is InChI=1S/C21H28N4O4S2/c1-29-18-5-7-19(8-6-18)31(27,28)25-12-2-4-17(16-25)20(26)23-10-3-11-24(14-13-23)21-22-9-15-30-21/h5-9,15,17H,2-4,10-14,16H2,1H3. The van der Waals surface area contributed by atoms with E-state index in [0.29, 0.717) is 31.8 Å². The molecule has 0 aliphatic carbocycles. The van der Waals surface area contributed by atoms with Crippen molar-refractivity contribution in [2.45, 2.75) is 24.2 Å². The van der Waals surface area contributed by atoms with Crippen molar-refractivity contribution in [3.8, 4) is 5.75 Å². The average Bonchev–Trinajstić information content (AvgIpc) is 3.23. The minimum Gasteiger partial charge on any atom is -0.497 e. The highest BCUT2D eigenvalue weighted by atomic mass is 32.2. The van der Waals surface area contributed by atoms with Crippen LogP contribution in [0.4, 0.5) is 5.13 Å². The predicted octanol–water partition coefficient (Wildman–Crippen LogP) is 2.29. The van der Waals surface area contributed by atoms with Gasteiger partial charge < -0.3 is 14.5 Å². The minimum absolute atomic E-state index is 0.0654. The van der Waals surface area contributed by atoms with Gasteiger partial charge in [0.2, 0.25) is 15.9 Å². The van der Waals surface area contributed by atoms with Crippen LogP contribution in [0, 0.1) is 5.92 Å². The van der Waals surface area contributed by atoms with E-state index in [2.05, 4.69) is 9.88 Å². The molecule has 8 nitrogen and oxygen atoms in total. The Balaban J connectivity index is 1.41. The molecule has 2 aliphatic heterocycles. The fraction of sp³-hybridized carbons (Fsp3) is 0.524. The lowest BCUT2D eigenvalue weighted by Gasteiger charge is -2.34. The lowest BCUT2D eigenvalue weighted by Crippen LogP contribution is -2.47. The molecule has 0 bridgehead atoms. The summed E-state index contributed by atoms with van der Waals surface area (Å²) in [6.07, 6.45) is 4.09. The maximum absolute atomic E-state index is 13.2. The summed E-state index contributed by atoms with van der Waals surface area (Å²) in [4.78, 5) is 22.0. The molecule has 168 valence electrons. The van der Waals surface area contributed by atoms with E-state index in [1.165, 1.54) is 4.31 Å². The van der Waals surface area contributed by atoms with Gasteiger partial charge in [-0.2, -0.15) is 4.31 Å². The first kappa shape index (κ1) is 22.0. The molecule has 0 saturated carbocycles. The Morgan fingerprint density at radius 3 is 2.61 bits per heavy atom. The summed E-state index contributed by atoms with van der Waals surface area (Å²) >= 11 is 1.61. The van der Waals surface area contributed by atoms with Gasteiger partial charge in [-0.15, -0.1) is 11.3 Å². The van der Waals surface area contributed by atoms with E-state index >= 15 is 0 Å². The monoisotopic (exact) mass is 464 g/mol. The van der Waals surface area contributed by atoms with Crippen molar-refractivity contribution in [3.05, 3.63) is 35.8 Å². The number of sulfonamides is 1. The van der Waals surface area contributed by atoms with Gasteiger partial charge in [0.1, 0.15) is 5.75 Å². The van der Waals surface area contributed by atoms with Crippen LogP contribution >= 0.6 is 11.3 Å². The van der Waals surface area contributed by atoms with E-state index in [-0.39, 0.29) is 23.3 Å². The van der Waals surface area contributed by atoms with Gasteiger partial charge in [0, 0.05) is 50.8 Å². The smallest absolute Gasteiger partial charge is 0.243 e. The SMILES string of the molecule is COc1ccc(S(=O)(=O)N2CCCC(C(=O)N3CCCN(c4nccs4)CC3)C2)cc1. The molecule has 31 heavy (non-hydrogen) atoms. The van der Waals surface area contributed by atoms with Crippen LogP contribution in [0.1, 0.15) is 19.3 Å². The van der Waals surface area contributed by atoms with Crippen LogP contribution in [0.25, 0.3) is 0 Å². The van der Waals surface area contributed by atoms with Crippen molar-refractivity contribution in [1.82, 2.24) is 14.2 Å². The lowest BCUT2D eigenvalue weighted by molar-refractivity contribution is -0.136. The van der Waals surface area contributed by atoms with Crippen molar-refractivity contribution in [2.75, 3.05) is 51.3 Å². The fourth-order valence-corrected chi connectivity index (χ4v) is 6.44. The summed E-state index contributed by atoms with van der Waals surface area (Å²) < 4.78 is 32.8. The van der Waals surface area contributed by atoms with Gasteiger partial charge in [0.25, 0.3) is 0 Å². The first-order valence-electron chi connectivity index (χ1n) is 10.6. The van der Waals surface area contributed by atoms with E-state index in [9.17, 15) is 13.2 Å². The summed E-state index contributed by atoms with van der Waals surface area (Å²) in [7, 11) is -2.09. The van der Waals surface area contributed by atoms with Crippen molar-refractivity contribution in [2.24, 2.45) is 5.92 Å². The number of thiazole rings is 1. The van der Waals surface area contributed by atoms with Crippen LogP contribution in [-0.2, 0) is 14.8 Å². The number of nitrogens with zero attached hydrogens (tertiary/aromatic N) is 4. The number of anilines is 1. The first-order valence-corrected chi connectivity index (χ1v) is 12.9. The van der Waals surface area contributed by atoms with Crippen LogP contribution < -0.4 is 9.64 Å². The van der Waals surface area contributed by atoms with Crippen molar-refractivity contribution < 1.29 is 17.9 Å². The van der Waals surface area contributed by atoms with E-state index in [0.717, 1.165) is 31.1 Å². The number of methoxy groups -OCH3 is 1. The molecule has 1 unspecified atom stereocenters. The van der Waals surface area contributed by atoms with E-state index in [1.54, 1.807) is 48.9 Å². The second-order valence-electron chi connectivity index (χ2n) is 7.86. The summed E-state index contributed by atoms with van der Waals surface area (Å²) in [6, 6.07) is 6.40. The van der Waals surface area contributed by atoms with Crippen LogP contribution in [0.3, 0.4) is 0 Å². The molecular weight excluding hydrogens is 436 g/mol. The van der Waals surface area contributed by atoms with Gasteiger partial charge in [-0.1, -0.05) is 0 Å². The maximum Gasteiger partial charge on any atom is 0.243 e. The van der Waals surface area contributed by atoms with Crippen LogP contribution in [0.15, 0.2) is 40.7 Å². The van der Waals surface area contributed by atoms with Crippen LogP contribution in [0.2, 0.25) is 0 Å². The molecule has 1 amide bonds. The van der Waals surface area contributed by atoms with Crippen LogP contribution in [0.5, 0.6) is 5.75 Å². The minimum atomic E-state index is -3.64. The molecule has 2 fully saturated rings. The molecule has 0 radical (unpaired) electrons. The molecule has 1 aromatic heterocycles. The van der Waals surface area contributed by atoms with Crippen molar-refractivity contribution >= 4 is 32.4 Å². The Labute approximate surface area is 187 Å². The van der Waals surface area contributed by atoms with Crippen LogP contribution in [-0.4, -0.2) is 74.9 Å². The Hall–Kier alpha value is -2.17. The zero-order valence-corrected chi connectivity index (χ0v) is 19.3. The van der Waals surface area contributed by atoms with E-state index < -0.39 is 10.0 Å². The van der Waals surface area contributed by atoms with Gasteiger partial charge in [-0.05, 0) is 43.5 Å². The first-order chi connectivity index (χ1) is 15.0. The number of rotatable bonds is 5. The Morgan fingerprint density at radius 1 is 1.10 bits per heavy atom. The zero-order valence-electron chi connectivity index (χ0n) is 17.6. The van der Waals surface area contributed by atoms with Gasteiger partial charge in [-0.3, -0.25) is 4.79 Å². The van der Waals surface area contributed by atoms with E-state index in [1.807, 2.05) is 10.3 Å². The molecule has 4 rings (SSSR count). The number of piperidine rings is 1. The number of benzene rings is 1. The van der Waals surface area contributed by atoms with Crippen molar-refractivity contribution in [1.29, 1.82) is 0 Å². The topological polar surface area (TPSA) is 83.0 Å². The second kappa shape index (κ2) is 9.54. The highest BCUT2D eigenvalue weighted by Crippen LogP contribution is 2.27. The predicted molar refractivity (Wildman–Crippen MR) is 120 cm³/mol. The molecule has 10 heteroatoms. The van der Waals surface area contributed by atoms with E-state index in [4.69, 9.17) is 4.74 Å². The summed E-state index contributed by atoms with van der Waals surface area (Å²) in [6.45, 7) is 3.64.